The number of anilines is 2. The number of fused-ring (bicyclic) bond motifs is 6. The van der Waals surface area contributed by atoms with E-state index in [2.05, 4.69) is 61.0 Å². The van der Waals surface area contributed by atoms with Gasteiger partial charge in [0.05, 0.1) is 47.4 Å². The molecule has 0 unspecified atom stereocenters. The molecule has 0 bridgehead atoms. The summed E-state index contributed by atoms with van der Waals surface area (Å²) in [4.78, 5) is 50.3. The maximum absolute atomic E-state index is 13.1. The number of hydrogen-bond acceptors (Lipinski definition) is 14. The predicted octanol–water partition coefficient (Wildman–Crippen LogP) is 6.90. The lowest BCUT2D eigenvalue weighted by Crippen LogP contribution is -2.30. The van der Waals surface area contributed by atoms with Crippen molar-refractivity contribution < 1.29 is 56.9 Å². The number of hydrogen-bond donors (Lipinski definition) is 6. The number of aryl methyl sites for hydroxylation is 2. The Balaban J connectivity index is 0.000000166. The highest BCUT2D eigenvalue weighted by Crippen LogP contribution is 2.35. The van der Waals surface area contributed by atoms with Crippen LogP contribution < -0.4 is 25.6 Å². The molecule has 372 valence electrons. The van der Waals surface area contributed by atoms with E-state index in [0.717, 1.165) is 22.7 Å². The Morgan fingerprint density at radius 1 is 0.667 bits per heavy atom. The largest absolute Gasteiger partial charge is 0.491 e. The smallest absolute Gasteiger partial charge is 0.423 e. The van der Waals surface area contributed by atoms with Gasteiger partial charge in [-0.05, 0) is 102 Å². The Kier molecular flexibility index (Phi) is 15.7. The van der Waals surface area contributed by atoms with Gasteiger partial charge >= 0.3 is 18.3 Å². The summed E-state index contributed by atoms with van der Waals surface area (Å²) in [6.45, 7) is 0.875. The van der Waals surface area contributed by atoms with Gasteiger partial charge in [-0.25, -0.2) is 29.9 Å². The van der Waals surface area contributed by atoms with Crippen LogP contribution in [0.15, 0.2) is 115 Å². The molecule has 2 aliphatic heterocycles. The zero-order chi connectivity index (χ0) is 51.3. The highest BCUT2D eigenvalue weighted by molar-refractivity contribution is 9.10. The number of halogens is 7. The van der Waals surface area contributed by atoms with Crippen molar-refractivity contribution in [3.63, 3.8) is 0 Å². The van der Waals surface area contributed by atoms with Crippen molar-refractivity contribution in [3.8, 4) is 22.6 Å². The molecule has 0 saturated heterocycles. The van der Waals surface area contributed by atoms with Gasteiger partial charge in [0.2, 0.25) is 0 Å². The summed E-state index contributed by atoms with van der Waals surface area (Å²) >= 11 is 13.0. The minimum atomic E-state index is -3.82. The third kappa shape index (κ3) is 13.0. The molecule has 72 heavy (non-hydrogen) atoms. The summed E-state index contributed by atoms with van der Waals surface area (Å²) in [5.41, 5.74) is -1.49. The van der Waals surface area contributed by atoms with Crippen molar-refractivity contribution in [2.75, 3.05) is 10.6 Å². The molecule has 2 aliphatic rings. The van der Waals surface area contributed by atoms with Gasteiger partial charge in [-0.15, -0.1) is 17.6 Å². The Morgan fingerprint density at radius 3 is 1.54 bits per heavy atom. The number of imidazole rings is 2. The molecule has 6 heterocycles. The number of aromatic nitrogens is 8. The number of alkyl halides is 6. The first-order valence-electron chi connectivity index (χ1n) is 21.6. The van der Waals surface area contributed by atoms with Gasteiger partial charge in [0.1, 0.15) is 35.8 Å². The Labute approximate surface area is 423 Å². The van der Waals surface area contributed by atoms with Crippen molar-refractivity contribution in [1.29, 1.82) is 0 Å². The summed E-state index contributed by atoms with van der Waals surface area (Å²) < 4.78 is 64.1. The number of nitrogens with zero attached hydrogens (tertiary/aromatic N) is 8. The highest BCUT2D eigenvalue weighted by atomic mass is 79.9. The van der Waals surface area contributed by atoms with Gasteiger partial charge in [0, 0.05) is 104 Å². The molecule has 8 aromatic rings. The molecule has 6 N–H and O–H groups in total. The second-order valence-corrected chi connectivity index (χ2v) is 17.8. The highest BCUT2D eigenvalue weighted by Gasteiger charge is 2.29. The monoisotopic (exact) mass is 1090 g/mol. The molecule has 10 rings (SSSR count). The van der Waals surface area contributed by atoms with E-state index in [-0.39, 0.29) is 17.4 Å². The molecule has 0 aliphatic carbocycles. The van der Waals surface area contributed by atoms with Crippen LogP contribution in [0.5, 0.6) is 11.5 Å². The van der Waals surface area contributed by atoms with Crippen LogP contribution in [0.1, 0.15) is 45.2 Å². The predicted molar refractivity (Wildman–Crippen MR) is 260 cm³/mol. The number of benzene rings is 4. The molecule has 2 amide bonds. The van der Waals surface area contributed by atoms with E-state index in [0.29, 0.717) is 93.4 Å². The first-order chi connectivity index (χ1) is 34.3. The van der Waals surface area contributed by atoms with Gasteiger partial charge in [0.25, 0.3) is 11.8 Å². The fourth-order valence-corrected chi connectivity index (χ4v) is 8.65. The lowest BCUT2D eigenvalue weighted by molar-refractivity contribution is -0.0972. The second-order valence-electron chi connectivity index (χ2n) is 16.1. The van der Waals surface area contributed by atoms with E-state index >= 15 is 0 Å². The molecule has 26 heteroatoms. The summed E-state index contributed by atoms with van der Waals surface area (Å²) in [7, 11) is -1.47. The number of nitrogens with one attached hydrogen (secondary N) is 2. The van der Waals surface area contributed by atoms with Crippen LogP contribution in [0.2, 0.25) is 0 Å². The SMILES string of the molecule is O=C(Nc1ccc(OC(F)(F)Cl)cc1)c1cc(-c2cncnc2)c2c(c1)nc1n2C[C@@H](O)CC1.O=C(Nc1ccc(OC(F)(F)Cl)cc1)c1cc(Br)c2c(c1)nc1n2C[C@@H](O)CC1.OB(O)c1cncnc1. The minimum absolute atomic E-state index is 0.127. The summed E-state index contributed by atoms with van der Waals surface area (Å²) in [6.07, 6.45) is 10.4. The fraction of sp³-hybridized carbons (Fsp3) is 0.217. The van der Waals surface area contributed by atoms with Crippen LogP contribution in [0.4, 0.5) is 28.9 Å². The number of amides is 2. The third-order valence-corrected chi connectivity index (χ3v) is 11.7. The Morgan fingerprint density at radius 2 is 1.10 bits per heavy atom. The van der Waals surface area contributed by atoms with Crippen LogP contribution in [-0.4, -0.2) is 102 Å². The summed E-state index contributed by atoms with van der Waals surface area (Å²) in [5.74, 6) is 0.643. The topological polar surface area (TPSA) is 245 Å². The van der Waals surface area contributed by atoms with E-state index in [1.54, 1.807) is 36.7 Å². The van der Waals surface area contributed by atoms with Gasteiger partial charge in [-0.2, -0.15) is 0 Å². The maximum Gasteiger partial charge on any atom is 0.491 e. The number of aliphatic hydroxyl groups is 2. The fourth-order valence-electron chi connectivity index (χ4n) is 7.80. The molecule has 4 aromatic heterocycles. The number of ether oxygens (including phenoxy) is 2. The molecule has 0 saturated carbocycles. The zero-order valence-electron chi connectivity index (χ0n) is 37.0. The van der Waals surface area contributed by atoms with Crippen molar-refractivity contribution in [1.82, 2.24) is 39.0 Å². The molecular formula is C46H38BBrCl2F4N10O8. The van der Waals surface area contributed by atoms with Gasteiger partial charge < -0.3 is 49.5 Å². The lowest BCUT2D eigenvalue weighted by Gasteiger charge is -2.20. The average Bonchev–Trinajstić information content (AvgIpc) is 3.90. The molecular weight excluding hydrogens is 1060 g/mol. The standard InChI is InChI=1S/C23H18ClF2N5O3.C19H15BrClF2N3O3.C4H5BN2O2/c24-23(25,26)34-17-4-1-15(2-5-17)29-22(33)13-7-18(14-9-27-12-28-10-14)21-19(8-13)30-20-6-3-16(32)11-31(20)21;20-14-7-10(8-15-17(14)26-9-12(27)3-6-16(26)25-15)18(28)24-11-1-4-13(5-2-11)29-19(21,22)23;8-5(9)4-1-6-3-7-2-4/h1-2,4-5,7-10,12,16,32H,3,6,11H2,(H,29,33);1-2,4-5,7-8,12,27H,3,6,9H2,(H,24,28);1-3,8-9H/t16-;12-;/m00./s1. The van der Waals surface area contributed by atoms with E-state index in [4.69, 9.17) is 38.2 Å². The van der Waals surface area contributed by atoms with Crippen molar-refractivity contribution >= 4 is 97.0 Å². The van der Waals surface area contributed by atoms with Gasteiger partial charge in [0.15, 0.2) is 0 Å². The van der Waals surface area contributed by atoms with E-state index < -0.39 is 36.4 Å². The van der Waals surface area contributed by atoms with Crippen LogP contribution in [0.3, 0.4) is 0 Å². The van der Waals surface area contributed by atoms with E-state index in [9.17, 15) is 37.4 Å². The zero-order valence-corrected chi connectivity index (χ0v) is 40.1. The lowest BCUT2D eigenvalue weighted by atomic mass is 9.83. The third-order valence-electron chi connectivity index (χ3n) is 11.0. The summed E-state index contributed by atoms with van der Waals surface area (Å²) in [5, 5.41) is 42.6. The van der Waals surface area contributed by atoms with E-state index in [1.165, 1.54) is 73.6 Å². The van der Waals surface area contributed by atoms with Crippen LogP contribution in [0.25, 0.3) is 33.2 Å². The van der Waals surface area contributed by atoms with Crippen LogP contribution in [0, 0.1) is 0 Å². The van der Waals surface area contributed by atoms with Gasteiger partial charge in [-0.1, -0.05) is 0 Å². The van der Waals surface area contributed by atoms with Crippen LogP contribution >= 0.6 is 39.1 Å². The number of carbonyl (C=O) groups is 2. The quantitative estimate of drug-likeness (QED) is 0.0464. The second kappa shape index (κ2) is 21.9. The van der Waals surface area contributed by atoms with E-state index in [1.807, 2.05) is 9.13 Å². The minimum Gasteiger partial charge on any atom is -0.423 e. The normalized spacial score (nSPS) is 15.2. The van der Waals surface area contributed by atoms with Crippen molar-refractivity contribution in [2.24, 2.45) is 0 Å². The summed E-state index contributed by atoms with van der Waals surface area (Å²) in [6, 6.07) is 17.6. The first kappa shape index (κ1) is 51.6. The van der Waals surface area contributed by atoms with Crippen molar-refractivity contribution in [3.05, 3.63) is 137 Å². The number of rotatable bonds is 10. The van der Waals surface area contributed by atoms with Crippen molar-refractivity contribution in [2.45, 2.75) is 62.1 Å². The molecule has 18 nitrogen and oxygen atoms in total. The molecule has 2 atom stereocenters. The molecule has 0 radical (unpaired) electrons. The molecule has 4 aromatic carbocycles. The first-order valence-corrected chi connectivity index (χ1v) is 23.1. The van der Waals surface area contributed by atoms with Crippen LogP contribution in [-0.2, 0) is 25.9 Å². The average molecular weight is 1100 g/mol. The number of aliphatic hydroxyl groups excluding tert-OH is 2. The number of carbonyl (C=O) groups excluding carboxylic acids is 2. The molecule has 0 fully saturated rings. The maximum atomic E-state index is 13.1. The Hall–Kier alpha value is -6.80. The Bertz CT molecular complexity index is 3210. The van der Waals surface area contributed by atoms with Gasteiger partial charge in [-0.3, -0.25) is 9.59 Å². The molecule has 0 spiro atoms.